The predicted molar refractivity (Wildman–Crippen MR) is 103 cm³/mol. The molecule has 0 unspecified atom stereocenters. The highest BCUT2D eigenvalue weighted by atomic mass is 35.5. The summed E-state index contributed by atoms with van der Waals surface area (Å²) in [6.07, 6.45) is 1.61. The zero-order valence-corrected chi connectivity index (χ0v) is 15.7. The monoisotopic (exact) mass is 386 g/mol. The van der Waals surface area contributed by atoms with Crippen molar-refractivity contribution in [3.8, 4) is 11.5 Å². The quantitative estimate of drug-likeness (QED) is 0.605. The van der Waals surface area contributed by atoms with Crippen LogP contribution in [0.3, 0.4) is 0 Å². The number of ether oxygens (including phenoxy) is 2. The fourth-order valence-corrected chi connectivity index (χ4v) is 2.88. The van der Waals surface area contributed by atoms with E-state index in [1.165, 1.54) is 7.11 Å². The first-order chi connectivity index (χ1) is 13.0. The van der Waals surface area contributed by atoms with Crippen LogP contribution < -0.4 is 14.8 Å². The summed E-state index contributed by atoms with van der Waals surface area (Å²) in [5, 5.41) is 3.20. The summed E-state index contributed by atoms with van der Waals surface area (Å²) in [6, 6.07) is 12.3. The zero-order valence-electron chi connectivity index (χ0n) is 15.0. The van der Waals surface area contributed by atoms with E-state index < -0.39 is 6.03 Å². The van der Waals surface area contributed by atoms with Crippen LogP contribution in [0.15, 0.2) is 48.2 Å². The van der Waals surface area contributed by atoms with Gasteiger partial charge in [0.05, 0.1) is 7.11 Å². The van der Waals surface area contributed by atoms with Gasteiger partial charge in [-0.2, -0.15) is 0 Å². The van der Waals surface area contributed by atoms with E-state index in [0.717, 1.165) is 10.5 Å². The minimum Gasteiger partial charge on any atom is -0.493 e. The fourth-order valence-electron chi connectivity index (χ4n) is 2.69. The highest BCUT2D eigenvalue weighted by Crippen LogP contribution is 2.30. The number of methoxy groups -OCH3 is 1. The summed E-state index contributed by atoms with van der Waals surface area (Å²) in [7, 11) is 1.54. The Hall–Kier alpha value is -2.99. The van der Waals surface area contributed by atoms with Gasteiger partial charge in [-0.05, 0) is 36.8 Å². The highest BCUT2D eigenvalue weighted by Gasteiger charge is 2.31. The molecule has 2 aromatic rings. The largest absolute Gasteiger partial charge is 0.493 e. The lowest BCUT2D eigenvalue weighted by Gasteiger charge is -2.12. The van der Waals surface area contributed by atoms with E-state index >= 15 is 0 Å². The lowest BCUT2D eigenvalue weighted by molar-refractivity contribution is -0.122. The number of amides is 3. The number of imide groups is 1. The number of hydrogen-bond acceptors (Lipinski definition) is 4. The molecule has 1 aliphatic rings. The SMILES string of the molecule is CCN1C(=O)N/C(=C/c2ccc(OCc3ccccc3Cl)c(OC)c2)C1=O. The van der Waals surface area contributed by atoms with Crippen molar-refractivity contribution in [1.82, 2.24) is 10.2 Å². The first kappa shape index (κ1) is 18.8. The van der Waals surface area contributed by atoms with Crippen LogP contribution in [0.4, 0.5) is 4.79 Å². The van der Waals surface area contributed by atoms with E-state index in [4.69, 9.17) is 21.1 Å². The molecule has 1 heterocycles. The molecule has 1 aliphatic heterocycles. The molecule has 0 bridgehead atoms. The molecular formula is C20H19ClN2O4. The van der Waals surface area contributed by atoms with Gasteiger partial charge in [0.1, 0.15) is 12.3 Å². The van der Waals surface area contributed by atoms with E-state index in [2.05, 4.69) is 5.32 Å². The molecule has 3 rings (SSSR count). The molecule has 0 spiro atoms. The number of rotatable bonds is 6. The van der Waals surface area contributed by atoms with Crippen molar-refractivity contribution in [3.63, 3.8) is 0 Å². The molecule has 140 valence electrons. The van der Waals surface area contributed by atoms with E-state index in [9.17, 15) is 9.59 Å². The molecule has 2 aromatic carbocycles. The van der Waals surface area contributed by atoms with Crippen LogP contribution in [0.1, 0.15) is 18.1 Å². The summed E-state index contributed by atoms with van der Waals surface area (Å²) in [6.45, 7) is 2.37. The Morgan fingerprint density at radius 2 is 1.93 bits per heavy atom. The Labute approximate surface area is 162 Å². The summed E-state index contributed by atoms with van der Waals surface area (Å²) in [4.78, 5) is 25.1. The number of hydrogen-bond donors (Lipinski definition) is 1. The molecule has 0 saturated carbocycles. The molecule has 0 radical (unpaired) electrons. The van der Waals surface area contributed by atoms with Crippen molar-refractivity contribution in [1.29, 1.82) is 0 Å². The second kappa shape index (κ2) is 8.14. The number of halogens is 1. The van der Waals surface area contributed by atoms with E-state index in [1.54, 1.807) is 37.3 Å². The number of urea groups is 1. The Morgan fingerprint density at radius 3 is 2.59 bits per heavy atom. The first-order valence-corrected chi connectivity index (χ1v) is 8.80. The standard InChI is InChI=1S/C20H19ClN2O4/c1-3-23-19(24)16(22-20(23)25)10-13-8-9-17(18(11-13)26-2)27-12-14-6-4-5-7-15(14)21/h4-11H,3,12H2,1-2H3,(H,22,25)/b16-10+. The van der Waals surface area contributed by atoms with Crippen LogP contribution >= 0.6 is 11.6 Å². The van der Waals surface area contributed by atoms with Gasteiger partial charge in [0.25, 0.3) is 5.91 Å². The van der Waals surface area contributed by atoms with Gasteiger partial charge in [0.2, 0.25) is 0 Å². The minimum atomic E-state index is -0.416. The van der Waals surface area contributed by atoms with Crippen LogP contribution in [0, 0.1) is 0 Å². The van der Waals surface area contributed by atoms with Crippen molar-refractivity contribution in [2.45, 2.75) is 13.5 Å². The third kappa shape index (κ3) is 4.06. The Morgan fingerprint density at radius 1 is 1.15 bits per heavy atom. The minimum absolute atomic E-state index is 0.230. The molecule has 1 fully saturated rings. The summed E-state index contributed by atoms with van der Waals surface area (Å²) in [5.41, 5.74) is 1.80. The van der Waals surface area contributed by atoms with Crippen molar-refractivity contribution < 1.29 is 19.1 Å². The van der Waals surface area contributed by atoms with E-state index in [1.807, 2.05) is 18.2 Å². The predicted octanol–water partition coefficient (Wildman–Crippen LogP) is 3.84. The normalized spacial score (nSPS) is 15.2. The number of likely N-dealkylation sites (N-methyl/N-ethyl adjacent to an activating group) is 1. The molecule has 6 nitrogen and oxygen atoms in total. The van der Waals surface area contributed by atoms with Crippen LogP contribution in [-0.2, 0) is 11.4 Å². The first-order valence-electron chi connectivity index (χ1n) is 8.42. The molecule has 0 aliphatic carbocycles. The Kier molecular flexibility index (Phi) is 5.66. The van der Waals surface area contributed by atoms with Gasteiger partial charge in [-0.1, -0.05) is 35.9 Å². The topological polar surface area (TPSA) is 67.9 Å². The van der Waals surface area contributed by atoms with Gasteiger partial charge in [0.15, 0.2) is 11.5 Å². The van der Waals surface area contributed by atoms with E-state index in [-0.39, 0.29) is 11.6 Å². The number of benzene rings is 2. The summed E-state index contributed by atoms with van der Waals surface area (Å²) < 4.78 is 11.2. The van der Waals surface area contributed by atoms with Crippen molar-refractivity contribution in [2.24, 2.45) is 0 Å². The average Bonchev–Trinajstić information content (AvgIpc) is 2.94. The third-order valence-electron chi connectivity index (χ3n) is 4.12. The van der Waals surface area contributed by atoms with Crippen LogP contribution in [0.2, 0.25) is 5.02 Å². The third-order valence-corrected chi connectivity index (χ3v) is 4.49. The average molecular weight is 387 g/mol. The molecule has 1 saturated heterocycles. The van der Waals surface area contributed by atoms with Gasteiger partial charge in [-0.3, -0.25) is 9.69 Å². The highest BCUT2D eigenvalue weighted by molar-refractivity contribution is 6.31. The molecule has 27 heavy (non-hydrogen) atoms. The van der Waals surface area contributed by atoms with Crippen molar-refractivity contribution in [3.05, 3.63) is 64.3 Å². The molecule has 0 aromatic heterocycles. The molecule has 3 amide bonds. The smallest absolute Gasteiger partial charge is 0.328 e. The van der Waals surface area contributed by atoms with Gasteiger partial charge in [-0.25, -0.2) is 4.79 Å². The second-order valence-corrected chi connectivity index (χ2v) is 6.24. The maximum absolute atomic E-state index is 12.2. The van der Waals surface area contributed by atoms with Crippen molar-refractivity contribution in [2.75, 3.05) is 13.7 Å². The fraction of sp³-hybridized carbons (Fsp3) is 0.200. The molecule has 0 atom stereocenters. The van der Waals surface area contributed by atoms with Gasteiger partial charge >= 0.3 is 6.03 Å². The Balaban J connectivity index is 1.79. The number of carbonyl (C=O) groups excluding carboxylic acids is 2. The maximum atomic E-state index is 12.2. The van der Waals surface area contributed by atoms with Crippen molar-refractivity contribution >= 4 is 29.6 Å². The number of nitrogens with one attached hydrogen (secondary N) is 1. The van der Waals surface area contributed by atoms with E-state index in [0.29, 0.717) is 35.2 Å². The van der Waals surface area contributed by atoms with Gasteiger partial charge in [-0.15, -0.1) is 0 Å². The van der Waals surface area contributed by atoms with Gasteiger partial charge in [0, 0.05) is 17.1 Å². The number of carbonyl (C=O) groups is 2. The molecule has 1 N–H and O–H groups in total. The summed E-state index contributed by atoms with van der Waals surface area (Å²) >= 11 is 6.14. The lowest BCUT2D eigenvalue weighted by Crippen LogP contribution is -2.30. The maximum Gasteiger partial charge on any atom is 0.328 e. The molecule has 7 heteroatoms. The molecular weight excluding hydrogens is 368 g/mol. The second-order valence-electron chi connectivity index (χ2n) is 5.83. The summed E-state index contributed by atoms with van der Waals surface area (Å²) in [5.74, 6) is 0.720. The Bertz CT molecular complexity index is 911. The van der Waals surface area contributed by atoms with Crippen LogP contribution in [0.25, 0.3) is 6.08 Å². The number of nitrogens with zero attached hydrogens (tertiary/aromatic N) is 1. The van der Waals surface area contributed by atoms with Crippen LogP contribution in [-0.4, -0.2) is 30.5 Å². The van der Waals surface area contributed by atoms with Crippen LogP contribution in [0.5, 0.6) is 11.5 Å². The zero-order chi connectivity index (χ0) is 19.4. The van der Waals surface area contributed by atoms with Gasteiger partial charge < -0.3 is 14.8 Å². The lowest BCUT2D eigenvalue weighted by atomic mass is 10.1.